The van der Waals surface area contributed by atoms with E-state index in [1.807, 2.05) is 36.9 Å². The number of hydrogen-bond donors (Lipinski definition) is 1. The van der Waals surface area contributed by atoms with Gasteiger partial charge in [-0.2, -0.15) is 0 Å². The molecule has 0 bridgehead atoms. The molecule has 1 fully saturated rings. The highest BCUT2D eigenvalue weighted by atomic mass is 16.2. The topological polar surface area (TPSA) is 46.3 Å². The third-order valence-corrected chi connectivity index (χ3v) is 3.81. The van der Waals surface area contributed by atoms with E-state index >= 15 is 0 Å². The van der Waals surface area contributed by atoms with E-state index < -0.39 is 0 Å². The maximum Gasteiger partial charge on any atom is 0.255 e. The Morgan fingerprint density at radius 3 is 2.67 bits per heavy atom. The van der Waals surface area contributed by atoms with Crippen LogP contribution in [0.1, 0.15) is 42.1 Å². The van der Waals surface area contributed by atoms with E-state index in [-0.39, 0.29) is 5.91 Å². The number of carbonyl (C=O) groups is 1. The van der Waals surface area contributed by atoms with Gasteiger partial charge in [-0.3, -0.25) is 4.79 Å². The molecule has 0 spiro atoms. The van der Waals surface area contributed by atoms with E-state index in [1.54, 1.807) is 0 Å². The van der Waals surface area contributed by atoms with Gasteiger partial charge in [0.25, 0.3) is 5.91 Å². The van der Waals surface area contributed by atoms with Crippen molar-refractivity contribution in [2.75, 3.05) is 18.8 Å². The summed E-state index contributed by atoms with van der Waals surface area (Å²) in [5.74, 6) is 0.766. The molecule has 0 saturated heterocycles. The number of aryl methyl sites for hydroxylation is 1. The lowest BCUT2D eigenvalue weighted by atomic mass is 9.85. The number of benzene rings is 1. The molecule has 98 valence electrons. The van der Waals surface area contributed by atoms with E-state index in [0.29, 0.717) is 17.2 Å². The highest BCUT2D eigenvalue weighted by molar-refractivity contribution is 5.99. The molecule has 1 aliphatic rings. The van der Waals surface area contributed by atoms with Crippen molar-refractivity contribution in [2.45, 2.75) is 33.1 Å². The van der Waals surface area contributed by atoms with Gasteiger partial charge in [-0.1, -0.05) is 12.5 Å². The molecule has 0 unspecified atom stereocenters. The van der Waals surface area contributed by atoms with E-state index in [4.69, 9.17) is 5.73 Å². The van der Waals surface area contributed by atoms with Crippen molar-refractivity contribution in [1.82, 2.24) is 4.90 Å². The van der Waals surface area contributed by atoms with Gasteiger partial charge in [-0.25, -0.2) is 0 Å². The number of rotatable bonds is 4. The molecule has 2 rings (SSSR count). The normalized spacial score (nSPS) is 15.2. The van der Waals surface area contributed by atoms with Crippen molar-refractivity contribution >= 4 is 11.6 Å². The first-order valence-corrected chi connectivity index (χ1v) is 6.77. The maximum atomic E-state index is 12.4. The highest BCUT2D eigenvalue weighted by Crippen LogP contribution is 2.28. The first kappa shape index (κ1) is 12.9. The van der Waals surface area contributed by atoms with E-state index in [0.717, 1.165) is 18.7 Å². The Morgan fingerprint density at radius 2 is 2.17 bits per heavy atom. The number of anilines is 1. The van der Waals surface area contributed by atoms with Crippen LogP contribution < -0.4 is 5.73 Å². The van der Waals surface area contributed by atoms with Crippen LogP contribution in [0.4, 0.5) is 5.69 Å². The summed E-state index contributed by atoms with van der Waals surface area (Å²) >= 11 is 0. The molecule has 1 amide bonds. The lowest BCUT2D eigenvalue weighted by Gasteiger charge is -2.32. The summed E-state index contributed by atoms with van der Waals surface area (Å²) < 4.78 is 0. The molecule has 3 heteroatoms. The minimum absolute atomic E-state index is 0.0712. The molecular formula is C15H22N2O. The summed E-state index contributed by atoms with van der Waals surface area (Å²) in [7, 11) is 0. The smallest absolute Gasteiger partial charge is 0.255 e. The molecule has 0 heterocycles. The first-order valence-electron chi connectivity index (χ1n) is 6.77. The average molecular weight is 246 g/mol. The molecule has 0 radical (unpaired) electrons. The predicted octanol–water partition coefficient (Wildman–Crippen LogP) is 2.84. The van der Waals surface area contributed by atoms with Crippen molar-refractivity contribution in [3.8, 4) is 0 Å². The standard InChI is InChI=1S/C15H22N2O/c1-3-17(10-12-5-4-6-12)15(18)13-8-7-11(2)9-14(13)16/h7-9,12H,3-6,10,16H2,1-2H3. The van der Waals surface area contributed by atoms with Crippen LogP contribution in [-0.4, -0.2) is 23.9 Å². The molecule has 0 atom stereocenters. The Hall–Kier alpha value is -1.51. The van der Waals surface area contributed by atoms with Crippen molar-refractivity contribution in [3.05, 3.63) is 29.3 Å². The summed E-state index contributed by atoms with van der Waals surface area (Å²) in [5, 5.41) is 0. The van der Waals surface area contributed by atoms with Gasteiger partial charge in [0.05, 0.1) is 5.56 Å². The van der Waals surface area contributed by atoms with Gasteiger partial charge in [0, 0.05) is 18.8 Å². The molecular weight excluding hydrogens is 224 g/mol. The van der Waals surface area contributed by atoms with Crippen molar-refractivity contribution in [1.29, 1.82) is 0 Å². The van der Waals surface area contributed by atoms with Gasteiger partial charge >= 0.3 is 0 Å². The Balaban J connectivity index is 2.11. The third-order valence-electron chi connectivity index (χ3n) is 3.81. The summed E-state index contributed by atoms with van der Waals surface area (Å²) in [6.07, 6.45) is 3.82. The summed E-state index contributed by atoms with van der Waals surface area (Å²) in [5.41, 5.74) is 8.26. The third kappa shape index (κ3) is 2.66. The van der Waals surface area contributed by atoms with Crippen molar-refractivity contribution < 1.29 is 4.79 Å². The molecule has 1 aromatic carbocycles. The Bertz CT molecular complexity index is 438. The summed E-state index contributed by atoms with van der Waals surface area (Å²) in [4.78, 5) is 14.4. The molecule has 3 nitrogen and oxygen atoms in total. The first-order chi connectivity index (χ1) is 8.61. The van der Waals surface area contributed by atoms with Crippen LogP contribution in [0, 0.1) is 12.8 Å². The van der Waals surface area contributed by atoms with Crippen LogP contribution in [-0.2, 0) is 0 Å². The SMILES string of the molecule is CCN(CC1CCC1)C(=O)c1ccc(C)cc1N. The Kier molecular flexibility index (Phi) is 3.90. The van der Waals surface area contributed by atoms with Crippen LogP contribution in [0.3, 0.4) is 0 Å². The molecule has 18 heavy (non-hydrogen) atoms. The number of nitrogens with zero attached hydrogens (tertiary/aromatic N) is 1. The molecule has 1 aliphatic carbocycles. The fourth-order valence-electron chi connectivity index (χ4n) is 2.39. The maximum absolute atomic E-state index is 12.4. The zero-order valence-corrected chi connectivity index (χ0v) is 11.3. The second-order valence-electron chi connectivity index (χ2n) is 5.23. The van der Waals surface area contributed by atoms with Gasteiger partial charge < -0.3 is 10.6 Å². The van der Waals surface area contributed by atoms with Crippen LogP contribution in [0.2, 0.25) is 0 Å². The van der Waals surface area contributed by atoms with E-state index in [2.05, 4.69) is 0 Å². The van der Waals surface area contributed by atoms with Crippen LogP contribution in [0.25, 0.3) is 0 Å². The van der Waals surface area contributed by atoms with E-state index in [1.165, 1.54) is 19.3 Å². The van der Waals surface area contributed by atoms with Gasteiger partial charge in [-0.05, 0) is 50.3 Å². The second kappa shape index (κ2) is 5.42. The van der Waals surface area contributed by atoms with Crippen molar-refractivity contribution in [3.63, 3.8) is 0 Å². The number of amides is 1. The van der Waals surface area contributed by atoms with Gasteiger partial charge in [0.2, 0.25) is 0 Å². The van der Waals surface area contributed by atoms with Crippen molar-refractivity contribution in [2.24, 2.45) is 5.92 Å². The molecule has 1 aromatic rings. The summed E-state index contributed by atoms with van der Waals surface area (Å²) in [6, 6.07) is 5.65. The molecule has 2 N–H and O–H groups in total. The predicted molar refractivity (Wildman–Crippen MR) is 74.5 cm³/mol. The minimum Gasteiger partial charge on any atom is -0.398 e. The van der Waals surface area contributed by atoms with Gasteiger partial charge in [-0.15, -0.1) is 0 Å². The number of nitrogen functional groups attached to an aromatic ring is 1. The lowest BCUT2D eigenvalue weighted by Crippen LogP contribution is -2.37. The largest absolute Gasteiger partial charge is 0.398 e. The zero-order chi connectivity index (χ0) is 13.1. The van der Waals surface area contributed by atoms with Gasteiger partial charge in [0.1, 0.15) is 0 Å². The zero-order valence-electron chi connectivity index (χ0n) is 11.3. The molecule has 0 aliphatic heterocycles. The second-order valence-corrected chi connectivity index (χ2v) is 5.23. The number of carbonyl (C=O) groups excluding carboxylic acids is 1. The molecule has 0 aromatic heterocycles. The monoisotopic (exact) mass is 246 g/mol. The Labute approximate surface area is 109 Å². The Morgan fingerprint density at radius 1 is 1.44 bits per heavy atom. The molecule has 1 saturated carbocycles. The fourth-order valence-corrected chi connectivity index (χ4v) is 2.39. The van der Waals surface area contributed by atoms with Crippen LogP contribution in [0.5, 0.6) is 0 Å². The average Bonchev–Trinajstić information content (AvgIpc) is 2.27. The highest BCUT2D eigenvalue weighted by Gasteiger charge is 2.24. The van der Waals surface area contributed by atoms with Crippen LogP contribution in [0.15, 0.2) is 18.2 Å². The minimum atomic E-state index is 0.0712. The van der Waals surface area contributed by atoms with E-state index in [9.17, 15) is 4.79 Å². The number of nitrogens with two attached hydrogens (primary N) is 1. The quantitative estimate of drug-likeness (QED) is 0.830. The van der Waals surface area contributed by atoms with Crippen LogP contribution >= 0.6 is 0 Å². The fraction of sp³-hybridized carbons (Fsp3) is 0.533. The lowest BCUT2D eigenvalue weighted by molar-refractivity contribution is 0.0707. The van der Waals surface area contributed by atoms with Gasteiger partial charge in [0.15, 0.2) is 0 Å². The summed E-state index contributed by atoms with van der Waals surface area (Å²) in [6.45, 7) is 5.64. The number of hydrogen-bond acceptors (Lipinski definition) is 2.